The van der Waals surface area contributed by atoms with Crippen LogP contribution in [0, 0.1) is 6.92 Å². The van der Waals surface area contributed by atoms with Gasteiger partial charge in [-0.15, -0.1) is 4.72 Å². The number of nitrogens with one attached hydrogen (secondary N) is 1. The van der Waals surface area contributed by atoms with Crippen LogP contribution in [0.3, 0.4) is 0 Å². The summed E-state index contributed by atoms with van der Waals surface area (Å²) in [5, 5.41) is 4.93. The predicted molar refractivity (Wildman–Crippen MR) is 145 cm³/mol. The highest BCUT2D eigenvalue weighted by molar-refractivity contribution is 7.90. The molecule has 1 aromatic heterocycles. The van der Waals surface area contributed by atoms with Crippen LogP contribution in [-0.2, 0) is 27.3 Å². The summed E-state index contributed by atoms with van der Waals surface area (Å²) in [6.07, 6.45) is 0.621. The van der Waals surface area contributed by atoms with Gasteiger partial charge in [0.1, 0.15) is 16.4 Å². The fourth-order valence-corrected chi connectivity index (χ4v) is 4.67. The normalized spacial score (nSPS) is 13.9. The van der Waals surface area contributed by atoms with Crippen molar-refractivity contribution in [1.29, 1.82) is 0 Å². The summed E-state index contributed by atoms with van der Waals surface area (Å²) in [7, 11) is 0. The maximum absolute atomic E-state index is 13.1. The van der Waals surface area contributed by atoms with Crippen molar-refractivity contribution in [1.82, 2.24) is 9.88 Å². The van der Waals surface area contributed by atoms with Crippen LogP contribution in [0.25, 0.3) is 11.1 Å². The van der Waals surface area contributed by atoms with Crippen LogP contribution in [0.15, 0.2) is 53.1 Å². The highest BCUT2D eigenvalue weighted by atomic mass is 35.5. The average Bonchev–Trinajstić information content (AvgIpc) is 3.14. The first-order chi connectivity index (χ1) is 16.7. The van der Waals surface area contributed by atoms with E-state index < -0.39 is 33.7 Å². The van der Waals surface area contributed by atoms with Crippen LogP contribution in [0.4, 0.5) is 0 Å². The summed E-state index contributed by atoms with van der Waals surface area (Å²) in [5.74, 6) is 0.0416. The van der Waals surface area contributed by atoms with Gasteiger partial charge in [0.25, 0.3) is 0 Å². The zero-order chi connectivity index (χ0) is 26.7. The molecule has 8 heteroatoms. The van der Waals surface area contributed by atoms with Crippen LogP contribution in [0.2, 0.25) is 5.02 Å². The largest absolute Gasteiger partial charge is 0.598 e. The number of hydrogen-bond acceptors (Lipinski definition) is 6. The lowest BCUT2D eigenvalue weighted by Crippen LogP contribution is -2.42. The Labute approximate surface area is 222 Å². The average molecular weight is 531 g/mol. The van der Waals surface area contributed by atoms with Gasteiger partial charge < -0.3 is 13.8 Å². The number of benzene rings is 2. The molecule has 1 unspecified atom stereocenters. The van der Waals surface area contributed by atoms with Gasteiger partial charge in [-0.1, -0.05) is 53.2 Å². The summed E-state index contributed by atoms with van der Waals surface area (Å²) in [4.78, 5) is 12.8. The van der Waals surface area contributed by atoms with Gasteiger partial charge in [-0.3, -0.25) is 4.79 Å². The molecule has 1 N–H and O–H groups in total. The molecule has 1 heterocycles. The highest BCUT2D eigenvalue weighted by Gasteiger charge is 2.36. The van der Waals surface area contributed by atoms with E-state index in [0.29, 0.717) is 22.9 Å². The number of carbonyl (C=O) groups is 1. The molecule has 0 saturated carbocycles. The Hall–Kier alpha value is -2.32. The number of aryl methyl sites for hydroxylation is 1. The molecule has 0 aliphatic carbocycles. The Morgan fingerprint density at radius 1 is 1.11 bits per heavy atom. The lowest BCUT2D eigenvalue weighted by molar-refractivity contribution is -0.155. The van der Waals surface area contributed by atoms with Crippen molar-refractivity contribution in [2.75, 3.05) is 0 Å². The van der Waals surface area contributed by atoms with E-state index in [1.807, 2.05) is 90.9 Å². The van der Waals surface area contributed by atoms with E-state index in [2.05, 4.69) is 15.9 Å². The van der Waals surface area contributed by atoms with E-state index in [0.717, 1.165) is 22.3 Å². The third-order valence-electron chi connectivity index (χ3n) is 5.40. The Balaban J connectivity index is 2.03. The third kappa shape index (κ3) is 7.59. The van der Waals surface area contributed by atoms with Gasteiger partial charge in [0.2, 0.25) is 0 Å². The molecule has 194 valence electrons. The Morgan fingerprint density at radius 2 is 1.75 bits per heavy atom. The van der Waals surface area contributed by atoms with Crippen molar-refractivity contribution in [2.45, 2.75) is 77.7 Å². The Morgan fingerprint density at radius 3 is 2.36 bits per heavy atom. The molecule has 0 aliphatic rings. The van der Waals surface area contributed by atoms with E-state index >= 15 is 0 Å². The van der Waals surface area contributed by atoms with Gasteiger partial charge in [-0.2, -0.15) is 0 Å². The molecule has 0 amide bonds. The molecule has 0 saturated heterocycles. The first kappa shape index (κ1) is 28.3. The van der Waals surface area contributed by atoms with Crippen LogP contribution in [0.5, 0.6) is 0 Å². The smallest absolute Gasteiger partial charge is 0.308 e. The number of rotatable bonds is 8. The quantitative estimate of drug-likeness (QED) is 0.257. The molecule has 2 aromatic carbocycles. The van der Waals surface area contributed by atoms with Crippen molar-refractivity contribution >= 4 is 28.9 Å². The fourth-order valence-electron chi connectivity index (χ4n) is 3.74. The zero-order valence-corrected chi connectivity index (χ0v) is 23.5. The number of hydrogen-bond donors (Lipinski definition) is 1. The monoisotopic (exact) mass is 530 g/mol. The zero-order valence-electron chi connectivity index (χ0n) is 22.0. The molecular weight excluding hydrogens is 496 g/mol. The van der Waals surface area contributed by atoms with E-state index in [1.54, 1.807) is 0 Å². The fraction of sp³-hybridized carbons (Fsp3) is 0.429. The van der Waals surface area contributed by atoms with E-state index in [-0.39, 0.29) is 6.42 Å². The standard InChI is InChI=1S/C28H35ClN2O4S/c1-18-25(22-11-9-8-10-20(22)16-19-12-14-21(29)15-13-19)26(35-30-18)23(31-36(33)28(5,6)7)17-24(32)34-27(2,3)4/h8-15,23,31H,16-17H2,1-7H3/t23-,36?/m0/s1. The van der Waals surface area contributed by atoms with Gasteiger partial charge >= 0.3 is 5.97 Å². The van der Waals surface area contributed by atoms with Crippen LogP contribution in [-0.4, -0.2) is 26.0 Å². The molecule has 0 spiro atoms. The number of halogens is 1. The summed E-state index contributed by atoms with van der Waals surface area (Å²) in [5.41, 5.74) is 3.95. The third-order valence-corrected chi connectivity index (χ3v) is 7.26. The minimum absolute atomic E-state index is 0.0555. The van der Waals surface area contributed by atoms with Crippen molar-refractivity contribution in [3.05, 3.63) is 76.1 Å². The van der Waals surface area contributed by atoms with Gasteiger partial charge in [0.05, 0.1) is 12.1 Å². The first-order valence-corrected chi connectivity index (χ1v) is 13.5. The predicted octanol–water partition coefficient (Wildman–Crippen LogP) is 6.72. The molecule has 36 heavy (non-hydrogen) atoms. The summed E-state index contributed by atoms with van der Waals surface area (Å²) < 4.78 is 27.0. The van der Waals surface area contributed by atoms with Crippen LogP contribution >= 0.6 is 11.6 Å². The molecular formula is C28H35ClN2O4S. The molecule has 0 aliphatic heterocycles. The number of esters is 1. The SMILES string of the molecule is Cc1noc([C@H](CC(=O)OC(C)(C)C)N[S+]([O-])C(C)(C)C)c1-c1ccccc1Cc1ccc(Cl)cc1. The number of aromatic nitrogens is 1. The molecule has 0 bridgehead atoms. The lowest BCUT2D eigenvalue weighted by Gasteiger charge is -2.28. The van der Waals surface area contributed by atoms with E-state index in [9.17, 15) is 9.35 Å². The first-order valence-electron chi connectivity index (χ1n) is 11.9. The second-order valence-electron chi connectivity index (χ2n) is 10.8. The summed E-state index contributed by atoms with van der Waals surface area (Å²) in [6.45, 7) is 12.9. The van der Waals surface area contributed by atoms with Crippen LogP contribution in [0.1, 0.15) is 76.6 Å². The highest BCUT2D eigenvalue weighted by Crippen LogP contribution is 2.37. The van der Waals surface area contributed by atoms with Crippen molar-refractivity contribution in [3.8, 4) is 11.1 Å². The molecule has 0 radical (unpaired) electrons. The van der Waals surface area contributed by atoms with Crippen molar-refractivity contribution in [2.24, 2.45) is 0 Å². The Bertz CT molecular complexity index is 1180. The molecule has 6 nitrogen and oxygen atoms in total. The number of ether oxygens (including phenoxy) is 1. The summed E-state index contributed by atoms with van der Waals surface area (Å²) in [6, 6.07) is 15.1. The second kappa shape index (κ2) is 11.4. The maximum Gasteiger partial charge on any atom is 0.308 e. The van der Waals surface area contributed by atoms with Crippen LogP contribution < -0.4 is 4.72 Å². The topological polar surface area (TPSA) is 87.4 Å². The van der Waals surface area contributed by atoms with Gasteiger partial charge in [-0.05, 0) is 83.7 Å². The molecule has 3 rings (SSSR count). The van der Waals surface area contributed by atoms with Crippen molar-refractivity contribution < 1.29 is 18.6 Å². The minimum Gasteiger partial charge on any atom is -0.598 e. The number of carbonyl (C=O) groups excluding carboxylic acids is 1. The molecule has 3 aromatic rings. The van der Waals surface area contributed by atoms with Crippen molar-refractivity contribution in [3.63, 3.8) is 0 Å². The Kier molecular flexibility index (Phi) is 8.93. The van der Waals surface area contributed by atoms with E-state index in [4.69, 9.17) is 20.9 Å². The minimum atomic E-state index is -1.46. The van der Waals surface area contributed by atoms with E-state index in [1.165, 1.54) is 0 Å². The van der Waals surface area contributed by atoms with Gasteiger partial charge in [0.15, 0.2) is 5.76 Å². The molecule has 2 atom stereocenters. The summed E-state index contributed by atoms with van der Waals surface area (Å²) >= 11 is 4.61. The number of nitrogens with zero attached hydrogens (tertiary/aromatic N) is 1. The lowest BCUT2D eigenvalue weighted by atomic mass is 9.92. The van der Waals surface area contributed by atoms with Gasteiger partial charge in [0, 0.05) is 21.9 Å². The molecule has 0 fully saturated rings. The maximum atomic E-state index is 13.1. The van der Waals surface area contributed by atoms with Gasteiger partial charge in [-0.25, -0.2) is 0 Å². The second-order valence-corrected chi connectivity index (χ2v) is 13.2.